The van der Waals surface area contributed by atoms with E-state index in [-0.39, 0.29) is 17.1 Å². The fraction of sp³-hybridized carbons (Fsp3) is 0. The van der Waals surface area contributed by atoms with Gasteiger partial charge in [-0.3, -0.25) is 4.98 Å². The van der Waals surface area contributed by atoms with E-state index in [1.165, 1.54) is 5.56 Å². The molecular formula is C22H18FeNO-. The Morgan fingerprint density at radius 1 is 0.800 bits per heavy atom. The molecule has 0 aliphatic heterocycles. The molecule has 0 spiro atoms. The maximum Gasteiger partial charge on any atom is 0.130 e. The first kappa shape index (κ1) is 18.6. The molecule has 2 aromatic carbocycles. The van der Waals surface area contributed by atoms with E-state index in [0.29, 0.717) is 5.76 Å². The van der Waals surface area contributed by atoms with Gasteiger partial charge in [0.2, 0.25) is 0 Å². The molecule has 25 heavy (non-hydrogen) atoms. The monoisotopic (exact) mass is 368 g/mol. The van der Waals surface area contributed by atoms with Crippen molar-refractivity contribution in [1.82, 2.24) is 4.98 Å². The van der Waals surface area contributed by atoms with Crippen molar-refractivity contribution in [1.29, 1.82) is 0 Å². The fourth-order valence-electron chi connectivity index (χ4n) is 2.37. The van der Waals surface area contributed by atoms with Crippen LogP contribution in [0.25, 0.3) is 17.0 Å². The van der Waals surface area contributed by atoms with Crippen LogP contribution in [0.15, 0.2) is 109 Å². The van der Waals surface area contributed by atoms with Crippen molar-refractivity contribution in [3.8, 4) is 11.3 Å². The van der Waals surface area contributed by atoms with Crippen molar-refractivity contribution < 1.29 is 22.2 Å². The number of allylic oxidation sites excluding steroid dienone is 5. The minimum Gasteiger partial charge on any atom is -0.507 e. The molecule has 1 aromatic heterocycles. The number of hydrogen-bond donors (Lipinski definition) is 1. The van der Waals surface area contributed by atoms with E-state index >= 15 is 0 Å². The van der Waals surface area contributed by atoms with E-state index in [4.69, 9.17) is 0 Å². The Hall–Kier alpha value is -2.74. The summed E-state index contributed by atoms with van der Waals surface area (Å²) in [5.74, 6) is 0.339. The Balaban J connectivity index is 0.000000175. The number of aliphatic hydroxyl groups excluding tert-OH is 1. The van der Waals surface area contributed by atoms with E-state index in [9.17, 15) is 5.11 Å². The third-order valence-electron chi connectivity index (χ3n) is 3.61. The van der Waals surface area contributed by atoms with Crippen LogP contribution in [0.2, 0.25) is 0 Å². The predicted molar refractivity (Wildman–Crippen MR) is 99.5 cm³/mol. The molecule has 0 bridgehead atoms. The van der Waals surface area contributed by atoms with Crippen LogP contribution in [-0.4, -0.2) is 10.1 Å². The van der Waals surface area contributed by atoms with E-state index in [0.717, 1.165) is 16.8 Å². The molecule has 4 rings (SSSR count). The maximum atomic E-state index is 9.80. The molecule has 2 nitrogen and oxygen atoms in total. The molecule has 3 aromatic rings. The summed E-state index contributed by atoms with van der Waals surface area (Å²) in [4.78, 5) is 4.22. The molecule has 0 radical (unpaired) electrons. The molecule has 0 unspecified atom stereocenters. The first-order chi connectivity index (χ1) is 11.8. The molecule has 1 aliphatic carbocycles. The number of hydrogen-bond acceptors (Lipinski definition) is 2. The van der Waals surface area contributed by atoms with Crippen LogP contribution >= 0.6 is 0 Å². The minimum absolute atomic E-state index is 0. The van der Waals surface area contributed by atoms with Crippen molar-refractivity contribution >= 4 is 5.76 Å². The molecule has 0 fully saturated rings. The second kappa shape index (κ2) is 9.53. The smallest absolute Gasteiger partial charge is 0.130 e. The maximum absolute atomic E-state index is 9.80. The third-order valence-corrected chi connectivity index (χ3v) is 3.61. The standard InChI is InChI=1S/C12H10O.C10H8N.Fe/c13-12(11-8-4-5-9-11)10-6-2-1-3-7-10;1-2-6-9(5-1)10-7-3-4-8-11-10;/h1-9,13H;1-8H;/q;-1;. The molecule has 1 heterocycles. The number of benzene rings is 1. The predicted octanol–water partition coefficient (Wildman–Crippen LogP) is 5.55. The van der Waals surface area contributed by atoms with Gasteiger partial charge in [-0.2, -0.15) is 12.1 Å². The van der Waals surface area contributed by atoms with Gasteiger partial charge < -0.3 is 5.11 Å². The van der Waals surface area contributed by atoms with Gasteiger partial charge >= 0.3 is 0 Å². The molecular weight excluding hydrogens is 350 g/mol. The SMILES string of the molecule is OC(=C1C=CC=C1)c1ccccc1.[Fe].c1ccc(-[c-]2cccc2)nc1. The van der Waals surface area contributed by atoms with E-state index in [1.807, 2.05) is 91.2 Å². The average molecular weight is 368 g/mol. The van der Waals surface area contributed by atoms with E-state index < -0.39 is 0 Å². The molecule has 0 saturated heterocycles. The number of pyridine rings is 1. The van der Waals surface area contributed by atoms with Gasteiger partial charge in [-0.1, -0.05) is 72.3 Å². The summed E-state index contributed by atoms with van der Waals surface area (Å²) in [6, 6.07) is 23.6. The molecule has 0 amide bonds. The van der Waals surface area contributed by atoms with Crippen LogP contribution in [-0.2, 0) is 17.1 Å². The van der Waals surface area contributed by atoms with Crippen molar-refractivity contribution in [2.75, 3.05) is 0 Å². The van der Waals surface area contributed by atoms with Gasteiger partial charge in [-0.25, -0.2) is 0 Å². The zero-order valence-electron chi connectivity index (χ0n) is 13.6. The summed E-state index contributed by atoms with van der Waals surface area (Å²) in [5.41, 5.74) is 3.95. The van der Waals surface area contributed by atoms with Gasteiger partial charge in [-0.05, 0) is 5.69 Å². The van der Waals surface area contributed by atoms with Crippen molar-refractivity contribution in [3.63, 3.8) is 0 Å². The van der Waals surface area contributed by atoms with Crippen LogP contribution in [0.5, 0.6) is 0 Å². The van der Waals surface area contributed by atoms with Crippen molar-refractivity contribution in [2.45, 2.75) is 0 Å². The van der Waals surface area contributed by atoms with Crippen molar-refractivity contribution in [3.05, 3.63) is 114 Å². The summed E-state index contributed by atoms with van der Waals surface area (Å²) < 4.78 is 0. The Morgan fingerprint density at radius 2 is 1.44 bits per heavy atom. The normalized spacial score (nSPS) is 11.4. The zero-order chi connectivity index (χ0) is 16.6. The number of nitrogens with zero attached hydrogens (tertiary/aromatic N) is 1. The second-order valence-electron chi connectivity index (χ2n) is 5.28. The average Bonchev–Trinajstić information content (AvgIpc) is 3.37. The van der Waals surface area contributed by atoms with E-state index in [1.54, 1.807) is 0 Å². The summed E-state index contributed by atoms with van der Waals surface area (Å²) in [6.07, 6.45) is 9.41. The van der Waals surface area contributed by atoms with Gasteiger partial charge in [-0.15, -0.1) is 18.2 Å². The molecule has 3 heteroatoms. The molecule has 1 aliphatic rings. The molecule has 1 N–H and O–H groups in total. The van der Waals surface area contributed by atoms with Gasteiger partial charge in [0.05, 0.1) is 0 Å². The van der Waals surface area contributed by atoms with Gasteiger partial charge in [0.1, 0.15) is 5.76 Å². The molecule has 0 saturated carbocycles. The van der Waals surface area contributed by atoms with Crippen LogP contribution in [0, 0.1) is 0 Å². The quantitative estimate of drug-likeness (QED) is 0.366. The zero-order valence-corrected chi connectivity index (χ0v) is 14.7. The Morgan fingerprint density at radius 3 is 2.04 bits per heavy atom. The second-order valence-corrected chi connectivity index (χ2v) is 5.28. The summed E-state index contributed by atoms with van der Waals surface area (Å²) in [5, 5.41) is 9.80. The summed E-state index contributed by atoms with van der Waals surface area (Å²) in [7, 11) is 0. The van der Waals surface area contributed by atoms with Crippen LogP contribution in [0.4, 0.5) is 0 Å². The van der Waals surface area contributed by atoms with Crippen LogP contribution < -0.4 is 0 Å². The fourth-order valence-corrected chi connectivity index (χ4v) is 2.37. The topological polar surface area (TPSA) is 33.1 Å². The van der Waals surface area contributed by atoms with Gasteiger partial charge in [0.25, 0.3) is 0 Å². The molecule has 126 valence electrons. The first-order valence-electron chi connectivity index (χ1n) is 7.81. The molecule has 0 atom stereocenters. The Bertz CT molecular complexity index is 834. The summed E-state index contributed by atoms with van der Waals surface area (Å²) >= 11 is 0. The van der Waals surface area contributed by atoms with Gasteiger partial charge in [0, 0.05) is 34.4 Å². The largest absolute Gasteiger partial charge is 0.507 e. The number of aliphatic hydroxyl groups is 1. The van der Waals surface area contributed by atoms with Crippen molar-refractivity contribution in [2.24, 2.45) is 0 Å². The van der Waals surface area contributed by atoms with Crippen LogP contribution in [0.3, 0.4) is 0 Å². The van der Waals surface area contributed by atoms with Crippen LogP contribution in [0.1, 0.15) is 5.56 Å². The minimum atomic E-state index is 0. The Labute approximate surface area is 158 Å². The van der Waals surface area contributed by atoms with E-state index in [2.05, 4.69) is 17.1 Å². The van der Waals surface area contributed by atoms with Gasteiger partial charge in [0.15, 0.2) is 0 Å². The first-order valence-corrected chi connectivity index (χ1v) is 7.81. The summed E-state index contributed by atoms with van der Waals surface area (Å²) in [6.45, 7) is 0. The number of aromatic nitrogens is 1. The third kappa shape index (κ3) is 5.12. The Kier molecular flexibility index (Phi) is 7.09. The number of rotatable bonds is 2.